The van der Waals surface area contributed by atoms with Crippen molar-refractivity contribution in [1.29, 1.82) is 0 Å². The van der Waals surface area contributed by atoms with E-state index in [2.05, 4.69) is 0 Å². The molecule has 0 atom stereocenters. The molecule has 0 saturated heterocycles. The van der Waals surface area contributed by atoms with Gasteiger partial charge < -0.3 is 14.2 Å². The molecule has 24 heavy (non-hydrogen) atoms. The van der Waals surface area contributed by atoms with Crippen LogP contribution >= 0.6 is 11.3 Å². The van der Waals surface area contributed by atoms with Crippen LogP contribution in [0.2, 0.25) is 0 Å². The monoisotopic (exact) mass is 342 g/mol. The van der Waals surface area contributed by atoms with Crippen LogP contribution in [-0.2, 0) is 11.8 Å². The number of hydrogen-bond donors (Lipinski definition) is 0. The van der Waals surface area contributed by atoms with Crippen molar-refractivity contribution in [3.8, 4) is 0 Å². The third kappa shape index (κ3) is 2.80. The minimum absolute atomic E-state index is 0.0756. The number of esters is 1. The van der Waals surface area contributed by atoms with Crippen LogP contribution in [0.5, 0.6) is 0 Å². The highest BCUT2D eigenvalue weighted by Gasteiger charge is 2.18. The Hall–Kier alpha value is -2.60. The van der Waals surface area contributed by atoms with Crippen LogP contribution in [0.25, 0.3) is 10.1 Å². The fourth-order valence-electron chi connectivity index (χ4n) is 2.67. The van der Waals surface area contributed by atoms with Crippen molar-refractivity contribution in [3.05, 3.63) is 52.7 Å². The van der Waals surface area contributed by atoms with E-state index in [4.69, 9.17) is 4.74 Å². The zero-order valence-electron chi connectivity index (χ0n) is 14.0. The van der Waals surface area contributed by atoms with Crippen LogP contribution in [0, 0.1) is 6.92 Å². The summed E-state index contributed by atoms with van der Waals surface area (Å²) in [5, 5.41) is 0.917. The lowest BCUT2D eigenvalue weighted by molar-refractivity contribution is 0.0606. The van der Waals surface area contributed by atoms with Gasteiger partial charge in [0, 0.05) is 30.7 Å². The first-order valence-corrected chi connectivity index (χ1v) is 8.25. The van der Waals surface area contributed by atoms with Crippen molar-refractivity contribution >= 4 is 39.0 Å². The number of amides is 1. The zero-order valence-corrected chi connectivity index (χ0v) is 14.8. The Morgan fingerprint density at radius 3 is 2.58 bits per heavy atom. The smallest absolute Gasteiger partial charge is 0.348 e. The van der Waals surface area contributed by atoms with Crippen molar-refractivity contribution in [3.63, 3.8) is 0 Å². The summed E-state index contributed by atoms with van der Waals surface area (Å²) in [6, 6.07) is 9.37. The Morgan fingerprint density at radius 1 is 1.21 bits per heavy atom. The van der Waals surface area contributed by atoms with E-state index in [9.17, 15) is 9.59 Å². The predicted octanol–water partition coefficient (Wildman–Crippen LogP) is 3.61. The van der Waals surface area contributed by atoms with E-state index >= 15 is 0 Å². The summed E-state index contributed by atoms with van der Waals surface area (Å²) < 4.78 is 7.57. The topological polar surface area (TPSA) is 51.5 Å². The number of ether oxygens (including phenoxy) is 1. The number of nitrogens with zero attached hydrogens (tertiary/aromatic N) is 2. The molecule has 5 nitrogen and oxygen atoms in total. The molecule has 0 radical (unpaired) electrons. The number of carbonyl (C=O) groups excluding carboxylic acids is 2. The fraction of sp³-hybridized carbons (Fsp3) is 0.222. The molecule has 3 aromatic rings. The maximum absolute atomic E-state index is 12.7. The normalized spacial score (nSPS) is 10.8. The quantitative estimate of drug-likeness (QED) is 0.683. The average Bonchev–Trinajstić information content (AvgIpc) is 3.14. The van der Waals surface area contributed by atoms with Gasteiger partial charge in [0.15, 0.2) is 0 Å². The number of methoxy groups -OCH3 is 1. The Labute approximate surface area is 144 Å². The van der Waals surface area contributed by atoms with Crippen molar-refractivity contribution in [2.45, 2.75) is 6.92 Å². The number of aromatic nitrogens is 1. The van der Waals surface area contributed by atoms with Gasteiger partial charge in [-0.3, -0.25) is 4.79 Å². The number of thiophene rings is 1. The van der Waals surface area contributed by atoms with E-state index in [1.165, 1.54) is 18.4 Å². The highest BCUT2D eigenvalue weighted by atomic mass is 32.1. The fourth-order valence-corrected chi connectivity index (χ4v) is 3.63. The van der Waals surface area contributed by atoms with E-state index in [0.717, 1.165) is 21.3 Å². The Kier molecular flexibility index (Phi) is 4.15. The first-order chi connectivity index (χ1) is 11.4. The van der Waals surface area contributed by atoms with Crippen LogP contribution in [0.4, 0.5) is 5.69 Å². The number of anilines is 1. The lowest BCUT2D eigenvalue weighted by Gasteiger charge is -2.17. The zero-order chi connectivity index (χ0) is 17.4. The first-order valence-electron chi connectivity index (χ1n) is 7.43. The highest BCUT2D eigenvalue weighted by molar-refractivity contribution is 7.20. The summed E-state index contributed by atoms with van der Waals surface area (Å²) in [6.07, 6.45) is 1.92. The van der Waals surface area contributed by atoms with Crippen LogP contribution in [0.3, 0.4) is 0 Å². The molecule has 124 valence electrons. The minimum atomic E-state index is -0.346. The minimum Gasteiger partial charge on any atom is -0.465 e. The second-order valence-corrected chi connectivity index (χ2v) is 6.79. The van der Waals surface area contributed by atoms with Gasteiger partial charge in [0.1, 0.15) is 10.6 Å². The summed E-state index contributed by atoms with van der Waals surface area (Å²) in [6.45, 7) is 1.96. The van der Waals surface area contributed by atoms with Crippen LogP contribution in [0.15, 0.2) is 36.5 Å². The Morgan fingerprint density at radius 2 is 1.96 bits per heavy atom. The molecule has 2 aromatic heterocycles. The standard InChI is InChI=1S/C18H18N2O3S/c1-11-7-14(19(2)10-11)17(21)20(3)13-5-6-15-12(8-13)9-16(24-15)18(22)23-4/h5-10H,1-4H3. The number of benzene rings is 1. The van der Waals surface area contributed by atoms with Gasteiger partial charge in [-0.05, 0) is 48.2 Å². The molecule has 1 aromatic carbocycles. The van der Waals surface area contributed by atoms with Gasteiger partial charge in [0.05, 0.1) is 7.11 Å². The van der Waals surface area contributed by atoms with Gasteiger partial charge in [-0.25, -0.2) is 4.79 Å². The largest absolute Gasteiger partial charge is 0.465 e. The summed E-state index contributed by atoms with van der Waals surface area (Å²) in [4.78, 5) is 26.5. The maximum Gasteiger partial charge on any atom is 0.348 e. The molecule has 0 aliphatic rings. The molecular weight excluding hydrogens is 324 g/mol. The summed E-state index contributed by atoms with van der Waals surface area (Å²) in [5.74, 6) is -0.421. The third-order valence-corrected chi connectivity index (χ3v) is 5.04. The lowest BCUT2D eigenvalue weighted by Crippen LogP contribution is -2.27. The first kappa shape index (κ1) is 16.3. The van der Waals surface area contributed by atoms with Gasteiger partial charge in [-0.15, -0.1) is 11.3 Å². The van der Waals surface area contributed by atoms with Crippen molar-refractivity contribution in [1.82, 2.24) is 4.57 Å². The molecule has 6 heteroatoms. The average molecular weight is 342 g/mol. The number of rotatable bonds is 3. The Balaban J connectivity index is 1.95. The van der Waals surface area contributed by atoms with Gasteiger partial charge in [-0.1, -0.05) is 0 Å². The molecule has 0 bridgehead atoms. The van der Waals surface area contributed by atoms with Gasteiger partial charge >= 0.3 is 5.97 Å². The number of hydrogen-bond acceptors (Lipinski definition) is 4. The third-order valence-electron chi connectivity index (χ3n) is 3.94. The second kappa shape index (κ2) is 6.13. The molecule has 2 heterocycles. The van der Waals surface area contributed by atoms with Crippen molar-refractivity contribution < 1.29 is 14.3 Å². The predicted molar refractivity (Wildman–Crippen MR) is 96.0 cm³/mol. The lowest BCUT2D eigenvalue weighted by atomic mass is 10.2. The number of aryl methyl sites for hydroxylation is 2. The Bertz CT molecular complexity index is 939. The van der Waals surface area contributed by atoms with E-state index in [1.807, 2.05) is 49.0 Å². The molecule has 0 aliphatic carbocycles. The van der Waals surface area contributed by atoms with Gasteiger partial charge in [0.2, 0.25) is 0 Å². The van der Waals surface area contributed by atoms with E-state index in [1.54, 1.807) is 18.0 Å². The van der Waals surface area contributed by atoms with E-state index < -0.39 is 0 Å². The summed E-state index contributed by atoms with van der Waals surface area (Å²) in [7, 11) is 4.98. The second-order valence-electron chi connectivity index (χ2n) is 5.70. The molecule has 0 unspecified atom stereocenters. The van der Waals surface area contributed by atoms with Crippen molar-refractivity contribution in [2.24, 2.45) is 7.05 Å². The SMILES string of the molecule is COC(=O)c1cc2cc(N(C)C(=O)c3cc(C)cn3C)ccc2s1. The number of fused-ring (bicyclic) bond motifs is 1. The van der Waals surface area contributed by atoms with Gasteiger partial charge in [0.25, 0.3) is 5.91 Å². The molecule has 3 rings (SSSR count). The molecule has 0 spiro atoms. The molecule has 1 amide bonds. The van der Waals surface area contributed by atoms with Crippen molar-refractivity contribution in [2.75, 3.05) is 19.1 Å². The van der Waals surface area contributed by atoms with E-state index in [-0.39, 0.29) is 11.9 Å². The van der Waals surface area contributed by atoms with Crippen LogP contribution < -0.4 is 4.90 Å². The molecule has 0 aliphatic heterocycles. The summed E-state index contributed by atoms with van der Waals surface area (Å²) >= 11 is 1.38. The molecular formula is C18H18N2O3S. The van der Waals surface area contributed by atoms with Crippen LogP contribution in [0.1, 0.15) is 25.7 Å². The maximum atomic E-state index is 12.7. The molecule has 0 saturated carbocycles. The van der Waals surface area contributed by atoms with E-state index in [0.29, 0.717) is 10.6 Å². The molecule has 0 fully saturated rings. The highest BCUT2D eigenvalue weighted by Crippen LogP contribution is 2.30. The van der Waals surface area contributed by atoms with Gasteiger partial charge in [-0.2, -0.15) is 0 Å². The van der Waals surface area contributed by atoms with Crippen LogP contribution in [-0.4, -0.2) is 30.6 Å². The summed E-state index contributed by atoms with van der Waals surface area (Å²) in [5.41, 5.74) is 2.46. The molecule has 0 N–H and O–H groups in total. The number of carbonyl (C=O) groups is 2.